The van der Waals surface area contributed by atoms with E-state index in [2.05, 4.69) is 10.6 Å². The van der Waals surface area contributed by atoms with E-state index >= 15 is 0 Å². The van der Waals surface area contributed by atoms with E-state index in [0.717, 1.165) is 0 Å². The summed E-state index contributed by atoms with van der Waals surface area (Å²) in [6, 6.07) is 11.4. The molecule has 7 heteroatoms. The van der Waals surface area contributed by atoms with Crippen molar-refractivity contribution in [1.82, 2.24) is 10.6 Å². The van der Waals surface area contributed by atoms with Gasteiger partial charge in [0.05, 0.1) is 17.7 Å². The van der Waals surface area contributed by atoms with Crippen LogP contribution in [0.4, 0.5) is 0 Å². The van der Waals surface area contributed by atoms with E-state index < -0.39 is 0 Å². The smallest absolute Gasteiger partial charge is 0.252 e. The highest BCUT2D eigenvalue weighted by atomic mass is 35.5. The van der Waals surface area contributed by atoms with Crippen LogP contribution in [0, 0.1) is 0 Å². The molecule has 0 heterocycles. The molecule has 126 valence electrons. The molecule has 0 unspecified atom stereocenters. The second-order valence-corrected chi connectivity index (χ2v) is 5.71. The van der Waals surface area contributed by atoms with Gasteiger partial charge in [0.1, 0.15) is 5.75 Å². The number of carbonyl (C=O) groups is 2. The molecule has 0 saturated carbocycles. The lowest BCUT2D eigenvalue weighted by Crippen LogP contribution is -2.34. The third kappa shape index (κ3) is 4.88. The Labute approximate surface area is 149 Å². The highest BCUT2D eigenvalue weighted by Gasteiger charge is 2.11. The molecule has 0 fully saturated rings. The third-order valence-corrected chi connectivity index (χ3v) is 3.79. The predicted octanol–water partition coefficient (Wildman–Crippen LogP) is 3.16. The lowest BCUT2D eigenvalue weighted by atomic mass is 10.2. The van der Waals surface area contributed by atoms with Crippen LogP contribution < -0.4 is 15.4 Å². The van der Waals surface area contributed by atoms with Gasteiger partial charge < -0.3 is 15.4 Å². The number of methoxy groups -OCH3 is 1. The first-order valence-electron chi connectivity index (χ1n) is 7.17. The first-order chi connectivity index (χ1) is 11.5. The lowest BCUT2D eigenvalue weighted by Gasteiger charge is -2.09. The van der Waals surface area contributed by atoms with Gasteiger partial charge in [-0.05, 0) is 42.5 Å². The summed E-state index contributed by atoms with van der Waals surface area (Å²) in [5.74, 6) is 0.103. The van der Waals surface area contributed by atoms with E-state index in [1.165, 1.54) is 6.07 Å². The van der Waals surface area contributed by atoms with E-state index in [1.54, 1.807) is 43.5 Å². The summed E-state index contributed by atoms with van der Waals surface area (Å²) in [5.41, 5.74) is 0.811. The molecule has 0 spiro atoms. The maximum absolute atomic E-state index is 12.0. The van der Waals surface area contributed by atoms with Crippen LogP contribution >= 0.6 is 23.2 Å². The molecular weight excluding hydrogens is 351 g/mol. The Kier molecular flexibility index (Phi) is 6.46. The number of ether oxygens (including phenoxy) is 1. The van der Waals surface area contributed by atoms with E-state index in [0.29, 0.717) is 26.9 Å². The van der Waals surface area contributed by atoms with Gasteiger partial charge in [-0.2, -0.15) is 0 Å². The largest absolute Gasteiger partial charge is 0.497 e. The molecule has 0 aliphatic rings. The lowest BCUT2D eigenvalue weighted by molar-refractivity contribution is 0.0927. The zero-order valence-electron chi connectivity index (χ0n) is 12.9. The average molecular weight is 367 g/mol. The van der Waals surface area contributed by atoms with Crippen molar-refractivity contribution >= 4 is 35.0 Å². The molecule has 0 aliphatic carbocycles. The molecule has 0 saturated heterocycles. The average Bonchev–Trinajstić information content (AvgIpc) is 2.60. The number of amides is 2. The van der Waals surface area contributed by atoms with Crippen molar-refractivity contribution in [1.29, 1.82) is 0 Å². The van der Waals surface area contributed by atoms with Gasteiger partial charge in [-0.15, -0.1) is 0 Å². The zero-order valence-corrected chi connectivity index (χ0v) is 14.4. The predicted molar refractivity (Wildman–Crippen MR) is 94.1 cm³/mol. The maximum Gasteiger partial charge on any atom is 0.252 e. The number of benzene rings is 2. The number of hydrogen-bond donors (Lipinski definition) is 2. The Hall–Kier alpha value is -2.24. The van der Waals surface area contributed by atoms with Crippen molar-refractivity contribution in [3.63, 3.8) is 0 Å². The molecule has 24 heavy (non-hydrogen) atoms. The van der Waals surface area contributed by atoms with Gasteiger partial charge >= 0.3 is 0 Å². The minimum Gasteiger partial charge on any atom is -0.497 e. The standard InChI is InChI=1S/C17H16Cl2N2O3/c1-24-13-5-2-11(3-6-13)16(22)20-8-9-21-17(23)14-10-12(18)4-7-15(14)19/h2-7,10H,8-9H2,1H3,(H,20,22)(H,21,23). The minimum atomic E-state index is -0.346. The number of halogens is 2. The number of carbonyl (C=O) groups excluding carboxylic acids is 2. The van der Waals surface area contributed by atoms with E-state index in [9.17, 15) is 9.59 Å². The van der Waals surface area contributed by atoms with Crippen LogP contribution in [-0.2, 0) is 0 Å². The Balaban J connectivity index is 1.80. The van der Waals surface area contributed by atoms with Gasteiger partial charge in [-0.25, -0.2) is 0 Å². The topological polar surface area (TPSA) is 67.4 Å². The molecule has 0 atom stereocenters. The fraction of sp³-hybridized carbons (Fsp3) is 0.176. The summed E-state index contributed by atoms with van der Waals surface area (Å²) >= 11 is 11.8. The van der Waals surface area contributed by atoms with Crippen molar-refractivity contribution < 1.29 is 14.3 Å². The van der Waals surface area contributed by atoms with Gasteiger partial charge in [0.15, 0.2) is 0 Å². The van der Waals surface area contributed by atoms with Crippen molar-refractivity contribution in [2.75, 3.05) is 20.2 Å². The third-order valence-electron chi connectivity index (χ3n) is 3.22. The molecule has 2 N–H and O–H groups in total. The van der Waals surface area contributed by atoms with Crippen LogP contribution in [0.3, 0.4) is 0 Å². The van der Waals surface area contributed by atoms with Crippen LogP contribution in [0.5, 0.6) is 5.75 Å². The second kappa shape index (κ2) is 8.57. The quantitative estimate of drug-likeness (QED) is 0.771. The van der Waals surface area contributed by atoms with E-state index in [-0.39, 0.29) is 24.9 Å². The summed E-state index contributed by atoms with van der Waals surface area (Å²) in [6.07, 6.45) is 0. The Morgan fingerprint density at radius 3 is 2.21 bits per heavy atom. The van der Waals surface area contributed by atoms with Gasteiger partial charge in [0.2, 0.25) is 0 Å². The fourth-order valence-corrected chi connectivity index (χ4v) is 2.34. The van der Waals surface area contributed by atoms with Crippen molar-refractivity contribution in [3.8, 4) is 5.75 Å². The van der Waals surface area contributed by atoms with Gasteiger partial charge in [0.25, 0.3) is 11.8 Å². The first-order valence-corrected chi connectivity index (χ1v) is 7.92. The van der Waals surface area contributed by atoms with Crippen molar-refractivity contribution in [3.05, 3.63) is 63.6 Å². The summed E-state index contributed by atoms with van der Waals surface area (Å²) in [4.78, 5) is 24.0. The maximum atomic E-state index is 12.0. The Morgan fingerprint density at radius 2 is 1.58 bits per heavy atom. The van der Waals surface area contributed by atoms with Crippen molar-refractivity contribution in [2.45, 2.75) is 0 Å². The molecule has 2 aromatic rings. The van der Waals surface area contributed by atoms with Crippen LogP contribution in [-0.4, -0.2) is 32.0 Å². The summed E-state index contributed by atoms with van der Waals surface area (Å²) in [7, 11) is 1.56. The molecule has 0 bridgehead atoms. The summed E-state index contributed by atoms with van der Waals surface area (Å²) in [5, 5.41) is 6.14. The van der Waals surface area contributed by atoms with E-state index in [1.807, 2.05) is 0 Å². The highest BCUT2D eigenvalue weighted by Crippen LogP contribution is 2.20. The SMILES string of the molecule is COc1ccc(C(=O)NCCNC(=O)c2cc(Cl)ccc2Cl)cc1. The Morgan fingerprint density at radius 1 is 0.958 bits per heavy atom. The molecule has 2 aromatic carbocycles. The highest BCUT2D eigenvalue weighted by molar-refractivity contribution is 6.35. The molecular formula is C17H16Cl2N2O3. The minimum absolute atomic E-state index is 0.229. The van der Waals surface area contributed by atoms with E-state index in [4.69, 9.17) is 27.9 Å². The molecule has 0 radical (unpaired) electrons. The number of rotatable bonds is 6. The molecule has 2 amide bonds. The second-order valence-electron chi connectivity index (χ2n) is 4.86. The van der Waals surface area contributed by atoms with Crippen LogP contribution in [0.2, 0.25) is 10.0 Å². The monoisotopic (exact) mass is 366 g/mol. The van der Waals surface area contributed by atoms with Crippen LogP contribution in [0.15, 0.2) is 42.5 Å². The van der Waals surface area contributed by atoms with Crippen LogP contribution in [0.1, 0.15) is 20.7 Å². The van der Waals surface area contributed by atoms with Crippen molar-refractivity contribution in [2.24, 2.45) is 0 Å². The zero-order chi connectivity index (χ0) is 17.5. The fourth-order valence-electron chi connectivity index (χ4n) is 1.96. The van der Waals surface area contributed by atoms with Crippen LogP contribution in [0.25, 0.3) is 0 Å². The van der Waals surface area contributed by atoms with Gasteiger partial charge in [-0.3, -0.25) is 9.59 Å². The molecule has 0 aromatic heterocycles. The van der Waals surface area contributed by atoms with Gasteiger partial charge in [-0.1, -0.05) is 23.2 Å². The number of nitrogens with one attached hydrogen (secondary N) is 2. The Bertz CT molecular complexity index is 733. The molecule has 2 rings (SSSR count). The summed E-state index contributed by atoms with van der Waals surface area (Å²) in [6.45, 7) is 0.554. The first kappa shape index (κ1) is 18.1. The summed E-state index contributed by atoms with van der Waals surface area (Å²) < 4.78 is 5.03. The molecule has 5 nitrogen and oxygen atoms in total. The number of hydrogen-bond acceptors (Lipinski definition) is 3. The van der Waals surface area contributed by atoms with Gasteiger partial charge in [0, 0.05) is 23.7 Å². The normalized spacial score (nSPS) is 10.1. The molecule has 0 aliphatic heterocycles.